The summed E-state index contributed by atoms with van der Waals surface area (Å²) in [5, 5.41) is 5.67. The van der Waals surface area contributed by atoms with Gasteiger partial charge in [0.05, 0.1) is 11.1 Å². The van der Waals surface area contributed by atoms with E-state index in [1.165, 1.54) is 27.8 Å². The molecule has 1 heterocycles. The fourth-order valence-electron chi connectivity index (χ4n) is 2.84. The zero-order valence-corrected chi connectivity index (χ0v) is 12.6. The smallest absolute Gasteiger partial charge is 0.0724 e. The number of benzene rings is 1. The molecule has 1 saturated carbocycles. The lowest BCUT2D eigenvalue weighted by molar-refractivity contribution is 0.0848. The van der Waals surface area contributed by atoms with E-state index in [-0.39, 0.29) is 0 Å². The van der Waals surface area contributed by atoms with Gasteiger partial charge in [0.1, 0.15) is 0 Å². The SMILES string of the molecule is COC1CCCC1NCc1sc2ccccc2c1Cl. The number of nitrogens with one attached hydrogen (secondary N) is 1. The molecule has 2 aromatic rings. The maximum Gasteiger partial charge on any atom is 0.0724 e. The Bertz CT molecular complexity index is 568. The summed E-state index contributed by atoms with van der Waals surface area (Å²) in [5.74, 6) is 0. The highest BCUT2D eigenvalue weighted by atomic mass is 35.5. The van der Waals surface area contributed by atoms with Crippen molar-refractivity contribution in [3.8, 4) is 0 Å². The lowest BCUT2D eigenvalue weighted by atomic mass is 10.2. The molecule has 0 amide bonds. The lowest BCUT2D eigenvalue weighted by Crippen LogP contribution is -2.36. The molecule has 2 nitrogen and oxygen atoms in total. The fraction of sp³-hybridized carbons (Fsp3) is 0.467. The van der Waals surface area contributed by atoms with E-state index in [4.69, 9.17) is 16.3 Å². The number of hydrogen-bond acceptors (Lipinski definition) is 3. The van der Waals surface area contributed by atoms with Crippen LogP contribution in [-0.2, 0) is 11.3 Å². The molecule has 0 radical (unpaired) electrons. The van der Waals surface area contributed by atoms with Crippen molar-refractivity contribution < 1.29 is 4.74 Å². The van der Waals surface area contributed by atoms with Crippen LogP contribution in [0.25, 0.3) is 10.1 Å². The molecule has 1 aliphatic carbocycles. The highest BCUT2D eigenvalue weighted by Gasteiger charge is 2.26. The summed E-state index contributed by atoms with van der Waals surface area (Å²) in [6.07, 6.45) is 3.96. The van der Waals surface area contributed by atoms with Crippen molar-refractivity contribution in [1.29, 1.82) is 0 Å². The number of halogens is 1. The van der Waals surface area contributed by atoms with Crippen LogP contribution in [0.4, 0.5) is 0 Å². The molecule has 4 heteroatoms. The Morgan fingerprint density at radius 1 is 1.37 bits per heavy atom. The highest BCUT2D eigenvalue weighted by molar-refractivity contribution is 7.19. The molecule has 3 rings (SSSR count). The molecule has 0 bridgehead atoms. The number of rotatable bonds is 4. The van der Waals surface area contributed by atoms with Crippen LogP contribution in [0.2, 0.25) is 5.02 Å². The van der Waals surface area contributed by atoms with E-state index in [1.807, 2.05) is 6.07 Å². The minimum atomic E-state index is 0.355. The zero-order valence-electron chi connectivity index (χ0n) is 11.0. The van der Waals surface area contributed by atoms with Crippen LogP contribution in [0.1, 0.15) is 24.1 Å². The van der Waals surface area contributed by atoms with Crippen molar-refractivity contribution in [3.63, 3.8) is 0 Å². The third-order valence-electron chi connectivity index (χ3n) is 3.88. The van der Waals surface area contributed by atoms with E-state index < -0.39 is 0 Å². The van der Waals surface area contributed by atoms with Crippen molar-refractivity contribution in [2.75, 3.05) is 7.11 Å². The zero-order chi connectivity index (χ0) is 13.2. The van der Waals surface area contributed by atoms with E-state index in [2.05, 4.69) is 23.5 Å². The topological polar surface area (TPSA) is 21.3 Å². The number of ether oxygens (including phenoxy) is 1. The summed E-state index contributed by atoms with van der Waals surface area (Å²) in [6, 6.07) is 8.78. The van der Waals surface area contributed by atoms with Gasteiger partial charge in [-0.25, -0.2) is 0 Å². The fourth-order valence-corrected chi connectivity index (χ4v) is 4.29. The van der Waals surface area contributed by atoms with Crippen LogP contribution in [0.3, 0.4) is 0 Å². The first kappa shape index (κ1) is 13.4. The third-order valence-corrected chi connectivity index (χ3v) is 5.60. The Hall–Kier alpha value is -0.610. The molecule has 1 N–H and O–H groups in total. The maximum atomic E-state index is 6.45. The van der Waals surface area contributed by atoms with Gasteiger partial charge in [0.25, 0.3) is 0 Å². The largest absolute Gasteiger partial charge is 0.380 e. The first-order chi connectivity index (χ1) is 9.29. The van der Waals surface area contributed by atoms with E-state index >= 15 is 0 Å². The van der Waals surface area contributed by atoms with Gasteiger partial charge < -0.3 is 10.1 Å². The van der Waals surface area contributed by atoms with Gasteiger partial charge in [-0.05, 0) is 25.3 Å². The summed E-state index contributed by atoms with van der Waals surface area (Å²) < 4.78 is 6.77. The standard InChI is InChI=1S/C15H18ClNOS/c1-18-12-7-4-6-11(12)17-9-14-15(16)10-5-2-3-8-13(10)19-14/h2-3,5,8,11-12,17H,4,6-7,9H2,1H3. The van der Waals surface area contributed by atoms with Gasteiger partial charge in [-0.15, -0.1) is 11.3 Å². The molecule has 19 heavy (non-hydrogen) atoms. The molecule has 1 aliphatic rings. The molecule has 102 valence electrons. The molecule has 1 fully saturated rings. The molecular weight excluding hydrogens is 278 g/mol. The Morgan fingerprint density at radius 2 is 2.21 bits per heavy atom. The van der Waals surface area contributed by atoms with E-state index in [0.29, 0.717) is 12.1 Å². The van der Waals surface area contributed by atoms with Crippen LogP contribution in [0, 0.1) is 0 Å². The monoisotopic (exact) mass is 295 g/mol. The second-order valence-corrected chi connectivity index (χ2v) is 6.54. The Kier molecular flexibility index (Phi) is 4.08. The first-order valence-corrected chi connectivity index (χ1v) is 7.91. The predicted molar refractivity (Wildman–Crippen MR) is 82.1 cm³/mol. The van der Waals surface area contributed by atoms with E-state index in [9.17, 15) is 0 Å². The minimum Gasteiger partial charge on any atom is -0.380 e. The van der Waals surface area contributed by atoms with Gasteiger partial charge in [0.2, 0.25) is 0 Å². The van der Waals surface area contributed by atoms with Crippen LogP contribution in [0.15, 0.2) is 24.3 Å². The van der Waals surface area contributed by atoms with Gasteiger partial charge in [-0.1, -0.05) is 29.8 Å². The van der Waals surface area contributed by atoms with Gasteiger partial charge in [-0.3, -0.25) is 0 Å². The van der Waals surface area contributed by atoms with Crippen molar-refractivity contribution >= 4 is 33.0 Å². The van der Waals surface area contributed by atoms with Gasteiger partial charge >= 0.3 is 0 Å². The Balaban J connectivity index is 1.73. The van der Waals surface area contributed by atoms with Gasteiger partial charge in [0, 0.05) is 34.7 Å². The molecule has 1 aromatic heterocycles. The number of hydrogen-bond donors (Lipinski definition) is 1. The average molecular weight is 296 g/mol. The van der Waals surface area contributed by atoms with Crippen molar-refractivity contribution in [2.45, 2.75) is 38.0 Å². The number of methoxy groups -OCH3 is 1. The van der Waals surface area contributed by atoms with Crippen LogP contribution in [0.5, 0.6) is 0 Å². The van der Waals surface area contributed by atoms with Crippen molar-refractivity contribution in [1.82, 2.24) is 5.32 Å². The van der Waals surface area contributed by atoms with Gasteiger partial charge in [-0.2, -0.15) is 0 Å². The molecule has 0 aliphatic heterocycles. The molecule has 1 aromatic carbocycles. The predicted octanol–water partition coefficient (Wildman–Crippen LogP) is 4.21. The second-order valence-electron chi connectivity index (χ2n) is 5.03. The number of thiophene rings is 1. The minimum absolute atomic E-state index is 0.355. The lowest BCUT2D eigenvalue weighted by Gasteiger charge is -2.19. The maximum absolute atomic E-state index is 6.45. The first-order valence-electron chi connectivity index (χ1n) is 6.71. The quantitative estimate of drug-likeness (QED) is 0.912. The molecule has 2 unspecified atom stereocenters. The normalized spacial score (nSPS) is 23.3. The molecule has 0 spiro atoms. The van der Waals surface area contributed by atoms with Crippen LogP contribution >= 0.6 is 22.9 Å². The number of fused-ring (bicyclic) bond motifs is 1. The van der Waals surface area contributed by atoms with E-state index in [0.717, 1.165) is 18.0 Å². The van der Waals surface area contributed by atoms with Gasteiger partial charge in [0.15, 0.2) is 0 Å². The summed E-state index contributed by atoms with van der Waals surface area (Å²) in [5.41, 5.74) is 0. The summed E-state index contributed by atoms with van der Waals surface area (Å²) in [7, 11) is 1.80. The summed E-state index contributed by atoms with van der Waals surface area (Å²) in [4.78, 5) is 1.23. The summed E-state index contributed by atoms with van der Waals surface area (Å²) in [6.45, 7) is 0.836. The van der Waals surface area contributed by atoms with Crippen molar-refractivity contribution in [3.05, 3.63) is 34.2 Å². The summed E-state index contributed by atoms with van der Waals surface area (Å²) >= 11 is 8.23. The Labute approximate surface area is 122 Å². The van der Waals surface area contributed by atoms with Crippen molar-refractivity contribution in [2.24, 2.45) is 0 Å². The van der Waals surface area contributed by atoms with E-state index in [1.54, 1.807) is 18.4 Å². The van der Waals surface area contributed by atoms with Crippen LogP contribution < -0.4 is 5.32 Å². The second kappa shape index (κ2) is 5.80. The average Bonchev–Trinajstić information content (AvgIpc) is 3.01. The Morgan fingerprint density at radius 3 is 3.00 bits per heavy atom. The molecule has 2 atom stereocenters. The van der Waals surface area contributed by atoms with Crippen LogP contribution in [-0.4, -0.2) is 19.3 Å². The highest BCUT2D eigenvalue weighted by Crippen LogP contribution is 2.35. The third kappa shape index (κ3) is 2.65. The molecule has 0 saturated heterocycles. The molecular formula is C15H18ClNOS.